The predicted octanol–water partition coefficient (Wildman–Crippen LogP) is 0.497. The third kappa shape index (κ3) is 4.86. The number of morpholine rings is 1. The van der Waals surface area contributed by atoms with Crippen molar-refractivity contribution >= 4 is 17.5 Å². The van der Waals surface area contributed by atoms with Crippen LogP contribution in [0.5, 0.6) is 0 Å². The zero-order valence-corrected chi connectivity index (χ0v) is 12.6. The second kappa shape index (κ2) is 7.78. The first-order valence-corrected chi connectivity index (χ1v) is 7.33. The number of carbonyl (C=O) groups is 1. The topological polar surface area (TPSA) is 79.4 Å². The minimum Gasteiger partial charge on any atom is -0.378 e. The fourth-order valence-corrected chi connectivity index (χ4v) is 1.99. The van der Waals surface area contributed by atoms with Gasteiger partial charge in [-0.2, -0.15) is 0 Å². The van der Waals surface area contributed by atoms with Gasteiger partial charge in [0.1, 0.15) is 18.0 Å². The summed E-state index contributed by atoms with van der Waals surface area (Å²) in [6, 6.07) is 1.93. The molecule has 0 aliphatic carbocycles. The van der Waals surface area contributed by atoms with Gasteiger partial charge in [0.15, 0.2) is 0 Å². The number of amides is 1. The van der Waals surface area contributed by atoms with Crippen LogP contribution in [0.4, 0.5) is 11.6 Å². The Morgan fingerprint density at radius 2 is 2.10 bits per heavy atom. The molecule has 116 valence electrons. The largest absolute Gasteiger partial charge is 0.378 e. The van der Waals surface area contributed by atoms with Crippen molar-refractivity contribution in [1.82, 2.24) is 15.3 Å². The van der Waals surface area contributed by atoms with Gasteiger partial charge in [-0.1, -0.05) is 13.8 Å². The number of rotatable bonds is 6. The molecule has 21 heavy (non-hydrogen) atoms. The Hall–Kier alpha value is -1.89. The third-order valence-corrected chi connectivity index (χ3v) is 3.24. The van der Waals surface area contributed by atoms with E-state index in [1.54, 1.807) is 6.33 Å². The summed E-state index contributed by atoms with van der Waals surface area (Å²) in [5.74, 6) is 1.75. The van der Waals surface area contributed by atoms with Crippen molar-refractivity contribution in [3.8, 4) is 0 Å². The summed E-state index contributed by atoms with van der Waals surface area (Å²) in [5.41, 5.74) is 0. The van der Waals surface area contributed by atoms with E-state index < -0.39 is 0 Å². The molecule has 0 radical (unpaired) electrons. The molecule has 1 fully saturated rings. The molecule has 7 nitrogen and oxygen atoms in total. The Kier molecular flexibility index (Phi) is 5.74. The lowest BCUT2D eigenvalue weighted by atomic mass is 10.2. The highest BCUT2D eigenvalue weighted by atomic mass is 16.5. The summed E-state index contributed by atoms with van der Waals surface area (Å²) in [6.45, 7) is 8.12. The quantitative estimate of drug-likeness (QED) is 0.744. The van der Waals surface area contributed by atoms with Crippen molar-refractivity contribution in [3.05, 3.63) is 12.4 Å². The van der Waals surface area contributed by atoms with Crippen LogP contribution < -0.4 is 15.5 Å². The molecule has 1 aromatic heterocycles. The average molecular weight is 293 g/mol. The molecule has 2 rings (SSSR count). The van der Waals surface area contributed by atoms with Crippen molar-refractivity contribution in [1.29, 1.82) is 0 Å². The number of aromatic nitrogens is 2. The summed E-state index contributed by atoms with van der Waals surface area (Å²) in [5, 5.41) is 6.05. The number of hydrogen-bond acceptors (Lipinski definition) is 6. The van der Waals surface area contributed by atoms with Crippen LogP contribution in [-0.2, 0) is 9.53 Å². The van der Waals surface area contributed by atoms with E-state index in [1.165, 1.54) is 0 Å². The highest BCUT2D eigenvalue weighted by Gasteiger charge is 2.12. The number of hydrogen-bond donors (Lipinski definition) is 2. The average Bonchev–Trinajstić information content (AvgIpc) is 2.52. The lowest BCUT2D eigenvalue weighted by molar-refractivity contribution is -0.123. The van der Waals surface area contributed by atoms with Gasteiger partial charge in [-0.15, -0.1) is 0 Å². The Morgan fingerprint density at radius 1 is 1.33 bits per heavy atom. The Balaban J connectivity index is 1.79. The van der Waals surface area contributed by atoms with Crippen LogP contribution in [0.2, 0.25) is 0 Å². The number of nitrogens with zero attached hydrogens (tertiary/aromatic N) is 3. The number of ether oxygens (including phenoxy) is 1. The lowest BCUT2D eigenvalue weighted by Gasteiger charge is -2.27. The standard InChI is InChI=1S/C14H23N5O2/c1-11(2)14(20)16-4-3-15-12-9-13(18-10-17-12)19-5-7-21-8-6-19/h9-11H,3-8H2,1-2H3,(H,16,20)(H,15,17,18). The Labute approximate surface area is 125 Å². The fourth-order valence-electron chi connectivity index (χ4n) is 1.99. The molecule has 0 unspecified atom stereocenters. The molecule has 1 saturated heterocycles. The van der Waals surface area contributed by atoms with E-state index >= 15 is 0 Å². The molecule has 7 heteroatoms. The van der Waals surface area contributed by atoms with Crippen LogP contribution >= 0.6 is 0 Å². The molecule has 2 heterocycles. The molecule has 0 atom stereocenters. The summed E-state index contributed by atoms with van der Waals surface area (Å²) in [6.07, 6.45) is 1.56. The molecule has 1 aromatic rings. The summed E-state index contributed by atoms with van der Waals surface area (Å²) >= 11 is 0. The highest BCUT2D eigenvalue weighted by molar-refractivity contribution is 5.77. The van der Waals surface area contributed by atoms with E-state index in [9.17, 15) is 4.79 Å². The van der Waals surface area contributed by atoms with Crippen molar-refractivity contribution in [3.63, 3.8) is 0 Å². The molecule has 1 aliphatic rings. The molecular formula is C14H23N5O2. The molecule has 0 saturated carbocycles. The highest BCUT2D eigenvalue weighted by Crippen LogP contribution is 2.14. The predicted molar refractivity (Wildman–Crippen MR) is 81.4 cm³/mol. The molecule has 2 N–H and O–H groups in total. The molecule has 1 aliphatic heterocycles. The Bertz CT molecular complexity index is 460. The number of anilines is 2. The first-order chi connectivity index (χ1) is 10.2. The summed E-state index contributed by atoms with van der Waals surface area (Å²) < 4.78 is 5.33. The molecular weight excluding hydrogens is 270 g/mol. The second-order valence-corrected chi connectivity index (χ2v) is 5.23. The first kappa shape index (κ1) is 15.5. The zero-order valence-electron chi connectivity index (χ0n) is 12.6. The van der Waals surface area contributed by atoms with Crippen LogP contribution in [0.15, 0.2) is 12.4 Å². The van der Waals surface area contributed by atoms with Gasteiger partial charge in [-0.3, -0.25) is 4.79 Å². The third-order valence-electron chi connectivity index (χ3n) is 3.24. The molecule has 0 aromatic carbocycles. The van der Waals surface area contributed by atoms with Crippen molar-refractivity contribution < 1.29 is 9.53 Å². The zero-order chi connectivity index (χ0) is 15.1. The Morgan fingerprint density at radius 3 is 2.81 bits per heavy atom. The first-order valence-electron chi connectivity index (χ1n) is 7.33. The van der Waals surface area contributed by atoms with Crippen LogP contribution in [0.25, 0.3) is 0 Å². The normalized spacial score (nSPS) is 15.1. The minimum absolute atomic E-state index is 0.0111. The van der Waals surface area contributed by atoms with Crippen LogP contribution in [0, 0.1) is 5.92 Å². The van der Waals surface area contributed by atoms with Crippen LogP contribution in [-0.4, -0.2) is 55.3 Å². The van der Waals surface area contributed by atoms with Gasteiger partial charge >= 0.3 is 0 Å². The van der Waals surface area contributed by atoms with Gasteiger partial charge in [0.25, 0.3) is 0 Å². The van der Waals surface area contributed by atoms with Crippen molar-refractivity contribution in [2.45, 2.75) is 13.8 Å². The van der Waals surface area contributed by atoms with Gasteiger partial charge in [0.05, 0.1) is 13.2 Å². The second-order valence-electron chi connectivity index (χ2n) is 5.23. The smallest absolute Gasteiger partial charge is 0.222 e. The number of nitrogens with one attached hydrogen (secondary N) is 2. The van der Waals surface area contributed by atoms with E-state index in [2.05, 4.69) is 25.5 Å². The molecule has 0 spiro atoms. The van der Waals surface area contributed by atoms with E-state index in [0.717, 1.165) is 37.9 Å². The van der Waals surface area contributed by atoms with Gasteiger partial charge in [0, 0.05) is 38.2 Å². The molecule has 0 bridgehead atoms. The van der Waals surface area contributed by atoms with Crippen LogP contribution in [0.1, 0.15) is 13.8 Å². The SMILES string of the molecule is CC(C)C(=O)NCCNc1cc(N2CCOCC2)ncn1. The molecule has 1 amide bonds. The van der Waals surface area contributed by atoms with Crippen molar-refractivity contribution in [2.75, 3.05) is 49.6 Å². The maximum absolute atomic E-state index is 11.4. The van der Waals surface area contributed by atoms with Gasteiger partial charge in [-0.05, 0) is 0 Å². The minimum atomic E-state index is 0.0111. The lowest BCUT2D eigenvalue weighted by Crippen LogP contribution is -2.36. The number of carbonyl (C=O) groups excluding carboxylic acids is 1. The maximum Gasteiger partial charge on any atom is 0.222 e. The van der Waals surface area contributed by atoms with Crippen LogP contribution in [0.3, 0.4) is 0 Å². The van der Waals surface area contributed by atoms with E-state index in [1.807, 2.05) is 19.9 Å². The van der Waals surface area contributed by atoms with E-state index in [-0.39, 0.29) is 11.8 Å². The maximum atomic E-state index is 11.4. The van der Waals surface area contributed by atoms with E-state index in [4.69, 9.17) is 4.74 Å². The fraction of sp³-hybridized carbons (Fsp3) is 0.643. The van der Waals surface area contributed by atoms with Gasteiger partial charge < -0.3 is 20.3 Å². The van der Waals surface area contributed by atoms with Crippen molar-refractivity contribution in [2.24, 2.45) is 5.92 Å². The monoisotopic (exact) mass is 293 g/mol. The summed E-state index contributed by atoms with van der Waals surface area (Å²) in [7, 11) is 0. The van der Waals surface area contributed by atoms with Gasteiger partial charge in [-0.25, -0.2) is 9.97 Å². The van der Waals surface area contributed by atoms with Gasteiger partial charge in [0.2, 0.25) is 5.91 Å². The van der Waals surface area contributed by atoms with E-state index in [0.29, 0.717) is 13.1 Å². The summed E-state index contributed by atoms with van der Waals surface area (Å²) in [4.78, 5) is 22.1.